The monoisotopic (exact) mass is 240 g/mol. The molecule has 0 bridgehead atoms. The summed E-state index contributed by atoms with van der Waals surface area (Å²) in [4.78, 5) is 10.4. The Morgan fingerprint density at radius 2 is 1.94 bits per heavy atom. The van der Waals surface area contributed by atoms with Crippen molar-refractivity contribution in [1.29, 1.82) is 0 Å². The Balaban J connectivity index is 2.24. The van der Waals surface area contributed by atoms with Crippen molar-refractivity contribution >= 4 is 23.9 Å². The number of hydrogen-bond acceptors (Lipinski definition) is 4. The van der Waals surface area contributed by atoms with Gasteiger partial charge >= 0.3 is 7.05 Å². The number of nitrogens with zero attached hydrogens (tertiary/aromatic N) is 1. The molecule has 0 aliphatic carbocycles. The van der Waals surface area contributed by atoms with Gasteiger partial charge in [-0.05, 0) is 17.1 Å². The number of fused-ring (bicyclic) bond motifs is 3. The quantitative estimate of drug-likeness (QED) is 0.448. The van der Waals surface area contributed by atoms with Crippen molar-refractivity contribution in [1.82, 2.24) is 0 Å². The van der Waals surface area contributed by atoms with Crippen LogP contribution >= 0.6 is 0 Å². The third-order valence-corrected chi connectivity index (χ3v) is 3.05. The van der Waals surface area contributed by atoms with E-state index < -0.39 is 12.0 Å². The lowest BCUT2D eigenvalue weighted by molar-refractivity contribution is -0.384. The van der Waals surface area contributed by atoms with Gasteiger partial charge in [-0.15, -0.1) is 0 Å². The van der Waals surface area contributed by atoms with Crippen LogP contribution in [0.1, 0.15) is 0 Å². The van der Waals surface area contributed by atoms with Gasteiger partial charge in [0.2, 0.25) is 0 Å². The first-order valence-corrected chi connectivity index (χ1v) is 5.49. The van der Waals surface area contributed by atoms with Gasteiger partial charge in [0.05, 0.1) is 4.92 Å². The fourth-order valence-corrected chi connectivity index (χ4v) is 2.20. The van der Waals surface area contributed by atoms with Crippen molar-refractivity contribution in [2.24, 2.45) is 0 Å². The van der Waals surface area contributed by atoms with Gasteiger partial charge in [0.1, 0.15) is 0 Å². The lowest BCUT2D eigenvalue weighted by Gasteiger charge is -2.23. The van der Waals surface area contributed by atoms with Gasteiger partial charge in [-0.2, -0.15) is 0 Å². The Hall–Kier alpha value is -2.34. The van der Waals surface area contributed by atoms with Crippen LogP contribution in [0.4, 0.5) is 11.4 Å². The maximum Gasteiger partial charge on any atom is 0.447 e. The maximum atomic E-state index is 10.8. The fraction of sp³-hybridized carbons (Fsp3) is 0. The van der Waals surface area contributed by atoms with Crippen LogP contribution in [0.15, 0.2) is 42.5 Å². The summed E-state index contributed by atoms with van der Waals surface area (Å²) in [5, 5.41) is 23.7. The summed E-state index contributed by atoms with van der Waals surface area (Å²) in [5.41, 5.74) is 3.03. The Labute approximate surface area is 103 Å². The number of nitro benzene ring substituents is 1. The standard InChI is InChI=1S/C12H9BN2O3/c16-13-11-4-2-1-3-9(11)10-7-8(15(17)18)5-6-12(10)14-13/h1-7,14,16H. The number of nitrogens with one attached hydrogen (secondary N) is 1. The lowest BCUT2D eigenvalue weighted by Crippen LogP contribution is -2.42. The highest BCUT2D eigenvalue weighted by molar-refractivity contribution is 6.72. The zero-order valence-corrected chi connectivity index (χ0v) is 9.33. The van der Waals surface area contributed by atoms with Crippen molar-refractivity contribution in [3.05, 3.63) is 52.6 Å². The summed E-state index contributed by atoms with van der Waals surface area (Å²) in [6, 6.07) is 11.9. The molecule has 1 aliphatic rings. The van der Waals surface area contributed by atoms with Gasteiger partial charge in [-0.1, -0.05) is 24.3 Å². The third kappa shape index (κ3) is 1.55. The summed E-state index contributed by atoms with van der Waals surface area (Å²) in [7, 11) is -0.782. The molecule has 5 nitrogen and oxygen atoms in total. The molecule has 2 aromatic rings. The second kappa shape index (κ2) is 3.85. The second-order valence-corrected chi connectivity index (χ2v) is 4.12. The van der Waals surface area contributed by atoms with Gasteiger partial charge in [-0.3, -0.25) is 10.1 Å². The topological polar surface area (TPSA) is 75.4 Å². The van der Waals surface area contributed by atoms with Gasteiger partial charge in [0.15, 0.2) is 0 Å². The molecule has 88 valence electrons. The number of hydrogen-bond donors (Lipinski definition) is 2. The van der Waals surface area contributed by atoms with E-state index in [-0.39, 0.29) is 5.69 Å². The number of anilines is 1. The first kappa shape index (κ1) is 10.8. The minimum absolute atomic E-state index is 0.0433. The molecule has 3 rings (SSSR count). The lowest BCUT2D eigenvalue weighted by atomic mass is 9.67. The predicted molar refractivity (Wildman–Crippen MR) is 69.8 cm³/mol. The van der Waals surface area contributed by atoms with Gasteiger partial charge in [0, 0.05) is 23.4 Å². The Morgan fingerprint density at radius 1 is 1.17 bits per heavy atom. The van der Waals surface area contributed by atoms with Crippen molar-refractivity contribution < 1.29 is 9.95 Å². The molecule has 2 aromatic carbocycles. The van der Waals surface area contributed by atoms with E-state index in [1.165, 1.54) is 12.1 Å². The molecule has 0 saturated carbocycles. The fourth-order valence-electron chi connectivity index (χ4n) is 2.20. The molecule has 6 heteroatoms. The summed E-state index contributed by atoms with van der Waals surface area (Å²) in [6.45, 7) is 0. The molecule has 0 fully saturated rings. The zero-order valence-electron chi connectivity index (χ0n) is 9.33. The van der Waals surface area contributed by atoms with Gasteiger partial charge in [0.25, 0.3) is 5.69 Å². The number of benzene rings is 2. The Morgan fingerprint density at radius 3 is 2.72 bits per heavy atom. The molecule has 2 N–H and O–H groups in total. The highest BCUT2D eigenvalue weighted by Crippen LogP contribution is 2.33. The molecule has 0 amide bonds. The van der Waals surface area contributed by atoms with E-state index >= 15 is 0 Å². The highest BCUT2D eigenvalue weighted by atomic mass is 16.6. The molecule has 0 atom stereocenters. The van der Waals surface area contributed by atoms with E-state index in [2.05, 4.69) is 5.23 Å². The van der Waals surface area contributed by atoms with E-state index in [4.69, 9.17) is 0 Å². The van der Waals surface area contributed by atoms with E-state index in [1.807, 2.05) is 18.2 Å². The van der Waals surface area contributed by atoms with Crippen molar-refractivity contribution in [3.8, 4) is 11.1 Å². The van der Waals surface area contributed by atoms with Gasteiger partial charge in [-0.25, -0.2) is 0 Å². The predicted octanol–water partition coefficient (Wildman–Crippen LogP) is 1.37. The highest BCUT2D eigenvalue weighted by Gasteiger charge is 2.27. The number of non-ortho nitro benzene ring substituents is 1. The average molecular weight is 240 g/mol. The summed E-state index contributed by atoms with van der Waals surface area (Å²) in [6.07, 6.45) is 0. The molecule has 1 heterocycles. The van der Waals surface area contributed by atoms with E-state index in [0.717, 1.165) is 16.6 Å². The first-order chi connectivity index (χ1) is 8.66. The largest absolute Gasteiger partial charge is 0.447 e. The summed E-state index contributed by atoms with van der Waals surface area (Å²) < 4.78 is 0. The smallest absolute Gasteiger partial charge is 0.429 e. The van der Waals surface area contributed by atoms with Crippen LogP contribution in [0.25, 0.3) is 11.1 Å². The van der Waals surface area contributed by atoms with E-state index in [1.54, 1.807) is 12.1 Å². The van der Waals surface area contributed by atoms with Crippen molar-refractivity contribution in [3.63, 3.8) is 0 Å². The number of nitro groups is 1. The van der Waals surface area contributed by atoms with Crippen LogP contribution in [-0.4, -0.2) is 17.0 Å². The Bertz CT molecular complexity index is 645. The second-order valence-electron chi connectivity index (χ2n) is 4.12. The molecule has 0 spiro atoms. The van der Waals surface area contributed by atoms with Crippen LogP contribution < -0.4 is 10.7 Å². The molecule has 0 aromatic heterocycles. The summed E-state index contributed by atoms with van der Waals surface area (Å²) in [5.74, 6) is 0. The van der Waals surface area contributed by atoms with E-state index in [0.29, 0.717) is 5.69 Å². The molecule has 18 heavy (non-hydrogen) atoms. The normalized spacial score (nSPS) is 12.4. The van der Waals surface area contributed by atoms with Crippen molar-refractivity contribution in [2.75, 3.05) is 5.23 Å². The number of rotatable bonds is 1. The molecule has 0 radical (unpaired) electrons. The SMILES string of the molecule is O=[N+]([O-])c1ccc2c(c1)-c1ccccc1B(O)N2. The van der Waals surface area contributed by atoms with Crippen LogP contribution in [-0.2, 0) is 0 Å². The van der Waals surface area contributed by atoms with Crippen LogP contribution in [0.2, 0.25) is 0 Å². The average Bonchev–Trinajstić information content (AvgIpc) is 2.38. The zero-order chi connectivity index (χ0) is 12.7. The van der Waals surface area contributed by atoms with Crippen LogP contribution in [0, 0.1) is 10.1 Å². The van der Waals surface area contributed by atoms with E-state index in [9.17, 15) is 15.1 Å². The minimum atomic E-state index is -0.782. The Kier molecular flexibility index (Phi) is 2.31. The molecular formula is C12H9BN2O3. The molecule has 0 unspecified atom stereocenters. The first-order valence-electron chi connectivity index (χ1n) is 5.49. The molecule has 1 aliphatic heterocycles. The maximum absolute atomic E-state index is 10.8. The third-order valence-electron chi connectivity index (χ3n) is 3.05. The van der Waals surface area contributed by atoms with Crippen molar-refractivity contribution in [2.45, 2.75) is 0 Å². The molecule has 0 saturated heterocycles. The van der Waals surface area contributed by atoms with Crippen LogP contribution in [0.5, 0.6) is 0 Å². The minimum Gasteiger partial charge on any atom is -0.429 e. The summed E-state index contributed by atoms with van der Waals surface area (Å²) >= 11 is 0. The van der Waals surface area contributed by atoms with Gasteiger partial charge < -0.3 is 10.3 Å². The van der Waals surface area contributed by atoms with Crippen LogP contribution in [0.3, 0.4) is 0 Å². The molecular weight excluding hydrogens is 231 g/mol.